The highest BCUT2D eigenvalue weighted by Crippen LogP contribution is 2.41. The van der Waals surface area contributed by atoms with Gasteiger partial charge in [0.2, 0.25) is 5.60 Å². The van der Waals surface area contributed by atoms with Gasteiger partial charge in [-0.2, -0.15) is 0 Å². The molecular weight excluding hydrogens is 494 g/mol. The fraction of sp³-hybridized carbons (Fsp3) is 0.375. The Hall–Kier alpha value is -1.51. The number of fused-ring (bicyclic) bond motifs is 3. The van der Waals surface area contributed by atoms with E-state index in [2.05, 4.69) is 24.3 Å². The first-order valence-corrected chi connectivity index (χ1v) is 12.3. The van der Waals surface area contributed by atoms with Gasteiger partial charge in [0.1, 0.15) is 13.1 Å². The maximum atomic E-state index is 13.4. The monoisotopic (exact) mass is 519 g/mol. The van der Waals surface area contributed by atoms with Gasteiger partial charge in [-0.25, -0.2) is 4.79 Å². The summed E-state index contributed by atoms with van der Waals surface area (Å²) < 4.78 is 7.08. The largest absolute Gasteiger partial charge is 1.00 e. The van der Waals surface area contributed by atoms with Crippen molar-refractivity contribution in [2.45, 2.75) is 31.1 Å². The molecule has 3 aliphatic rings. The second-order valence-electron chi connectivity index (χ2n) is 8.56. The molecule has 0 aliphatic carbocycles. The molecule has 0 radical (unpaired) electrons. The van der Waals surface area contributed by atoms with Crippen LogP contribution in [0.15, 0.2) is 65.4 Å². The van der Waals surface area contributed by atoms with E-state index in [1.807, 2.05) is 41.1 Å². The summed E-state index contributed by atoms with van der Waals surface area (Å²) >= 11 is 2.77. The molecule has 1 aromatic carbocycles. The van der Waals surface area contributed by atoms with Gasteiger partial charge in [-0.3, -0.25) is 0 Å². The van der Waals surface area contributed by atoms with E-state index >= 15 is 0 Å². The number of quaternary nitrogens is 1. The Kier molecular flexibility index (Phi) is 6.70. The number of carbonyl (C=O) groups is 1. The van der Waals surface area contributed by atoms with Gasteiger partial charge in [0.15, 0.2) is 6.10 Å². The molecule has 1 N–H and O–H groups in total. The number of thiophene rings is 2. The Morgan fingerprint density at radius 1 is 1.00 bits per heavy atom. The smallest absolute Gasteiger partial charge is 0.349 e. The molecule has 7 heteroatoms. The molecule has 0 amide bonds. The first kappa shape index (κ1) is 22.7. The Labute approximate surface area is 201 Å². The van der Waals surface area contributed by atoms with Crippen molar-refractivity contribution in [3.63, 3.8) is 0 Å². The minimum absolute atomic E-state index is 0. The lowest BCUT2D eigenvalue weighted by atomic mass is 9.82. The Morgan fingerprint density at radius 3 is 2.16 bits per heavy atom. The molecule has 5 heterocycles. The van der Waals surface area contributed by atoms with Crippen LogP contribution in [-0.4, -0.2) is 41.3 Å². The fourth-order valence-electron chi connectivity index (χ4n) is 5.06. The van der Waals surface area contributed by atoms with Gasteiger partial charge >= 0.3 is 5.97 Å². The Morgan fingerprint density at radius 2 is 1.61 bits per heavy atom. The molecule has 3 fully saturated rings. The second-order valence-corrected chi connectivity index (χ2v) is 10.5. The number of esters is 1. The maximum Gasteiger partial charge on any atom is 0.349 e. The summed E-state index contributed by atoms with van der Waals surface area (Å²) in [7, 11) is 0. The number of hydrogen-bond donors (Lipinski definition) is 1. The third-order valence-electron chi connectivity index (χ3n) is 6.71. The first-order valence-electron chi connectivity index (χ1n) is 10.5. The second kappa shape index (κ2) is 9.16. The minimum Gasteiger partial charge on any atom is -1.00 e. The third-order valence-corrected chi connectivity index (χ3v) is 8.67. The molecule has 31 heavy (non-hydrogen) atoms. The Balaban J connectivity index is 0.00000231. The van der Waals surface area contributed by atoms with Gasteiger partial charge in [-0.05, 0) is 22.9 Å². The van der Waals surface area contributed by atoms with Gasteiger partial charge in [-0.15, -0.1) is 22.7 Å². The fourth-order valence-corrected chi connectivity index (χ4v) is 6.78. The molecule has 1 atom stereocenters. The number of rotatable bonds is 6. The summed E-state index contributed by atoms with van der Waals surface area (Å²) in [5, 5.41) is 15.3. The highest BCUT2D eigenvalue weighted by atomic mass is 79.9. The van der Waals surface area contributed by atoms with Crippen molar-refractivity contribution in [1.29, 1.82) is 0 Å². The van der Waals surface area contributed by atoms with Gasteiger partial charge in [0, 0.05) is 24.3 Å². The maximum absolute atomic E-state index is 13.4. The van der Waals surface area contributed by atoms with Crippen LogP contribution >= 0.6 is 22.7 Å². The Bertz CT molecular complexity index is 949. The summed E-state index contributed by atoms with van der Waals surface area (Å²) in [6, 6.07) is 17.9. The van der Waals surface area contributed by atoms with E-state index in [1.54, 1.807) is 0 Å². The van der Waals surface area contributed by atoms with Crippen molar-refractivity contribution in [3.05, 3.63) is 80.7 Å². The van der Waals surface area contributed by atoms with Crippen LogP contribution in [0.1, 0.15) is 28.2 Å². The van der Waals surface area contributed by atoms with Gasteiger partial charge < -0.3 is 31.3 Å². The number of piperidine rings is 3. The van der Waals surface area contributed by atoms with Crippen molar-refractivity contribution in [1.82, 2.24) is 0 Å². The summed E-state index contributed by atoms with van der Waals surface area (Å²) in [5.74, 6) is -0.148. The predicted octanol–water partition coefficient (Wildman–Crippen LogP) is 1.40. The van der Waals surface area contributed by atoms with Crippen molar-refractivity contribution in [2.24, 2.45) is 5.92 Å². The van der Waals surface area contributed by atoms with E-state index in [-0.39, 0.29) is 23.1 Å². The molecule has 6 rings (SSSR count). The van der Waals surface area contributed by atoms with E-state index in [9.17, 15) is 9.90 Å². The molecule has 4 nitrogen and oxygen atoms in total. The zero-order valence-electron chi connectivity index (χ0n) is 17.2. The highest BCUT2D eigenvalue weighted by Gasteiger charge is 2.51. The normalized spacial score (nSPS) is 25.1. The van der Waals surface area contributed by atoms with Crippen molar-refractivity contribution in [2.75, 3.05) is 19.6 Å². The summed E-state index contributed by atoms with van der Waals surface area (Å²) in [6.07, 6.45) is 2.00. The number of benzene rings is 1. The lowest BCUT2D eigenvalue weighted by molar-refractivity contribution is -0.958. The molecule has 2 aromatic heterocycles. The molecule has 0 unspecified atom stereocenters. The SMILES string of the molecule is O=C(O[C@H]1C[N+]2(Cc3ccccc3)CCC1CC2)C(O)(c1cccs1)c1cccs1.[Br-]. The average Bonchev–Trinajstić information content (AvgIpc) is 3.49. The van der Waals surface area contributed by atoms with Crippen LogP contribution in [0.5, 0.6) is 0 Å². The minimum atomic E-state index is -1.72. The van der Waals surface area contributed by atoms with Crippen LogP contribution in [0.25, 0.3) is 0 Å². The quantitative estimate of drug-likeness (QED) is 0.395. The van der Waals surface area contributed by atoms with Crippen molar-refractivity contribution >= 4 is 28.6 Å². The average molecular weight is 521 g/mol. The summed E-state index contributed by atoms with van der Waals surface area (Å²) in [6.45, 7) is 4.07. The highest BCUT2D eigenvalue weighted by molar-refractivity contribution is 7.12. The number of nitrogens with zero attached hydrogens (tertiary/aromatic N) is 1. The van der Waals surface area contributed by atoms with Crippen molar-refractivity contribution in [3.8, 4) is 0 Å². The molecule has 3 aliphatic heterocycles. The van der Waals surface area contributed by atoms with Gasteiger partial charge in [-0.1, -0.05) is 42.5 Å². The predicted molar refractivity (Wildman–Crippen MR) is 119 cm³/mol. The van der Waals surface area contributed by atoms with E-state index in [0.717, 1.165) is 43.5 Å². The van der Waals surface area contributed by atoms with E-state index in [1.165, 1.54) is 28.2 Å². The molecule has 0 spiro atoms. The van der Waals surface area contributed by atoms with Crippen molar-refractivity contribution < 1.29 is 36.1 Å². The zero-order valence-corrected chi connectivity index (χ0v) is 20.4. The molecule has 0 saturated carbocycles. The number of halogens is 1. The van der Waals surface area contributed by atoms with Crippen LogP contribution in [0.3, 0.4) is 0 Å². The number of hydrogen-bond acceptors (Lipinski definition) is 5. The van der Waals surface area contributed by atoms with Crippen LogP contribution in [-0.2, 0) is 21.7 Å². The topological polar surface area (TPSA) is 46.5 Å². The first-order chi connectivity index (χ1) is 14.6. The molecule has 164 valence electrons. The summed E-state index contributed by atoms with van der Waals surface area (Å²) in [4.78, 5) is 14.6. The standard InChI is InChI=1S/C24H26NO3S2.BrH/c26-23(24(27,21-8-4-14-29-21)22-9-5-15-30-22)28-20-17-25(12-10-19(20)11-13-25)16-18-6-2-1-3-7-18;/h1-9,14-15,19-20,27H,10-13,16-17H2;1H/q+1;/p-1/t19?,20-,25?;/m0./s1. The lowest BCUT2D eigenvalue weighted by Gasteiger charge is -2.52. The van der Waals surface area contributed by atoms with Crippen LogP contribution in [0.4, 0.5) is 0 Å². The molecular formula is C24H26BrNO3S2. The molecule has 3 aromatic rings. The number of ether oxygens (including phenoxy) is 1. The van der Waals surface area contributed by atoms with Crippen LogP contribution < -0.4 is 17.0 Å². The number of aliphatic hydroxyl groups is 1. The molecule has 2 bridgehead atoms. The third kappa shape index (κ3) is 4.26. The van der Waals surface area contributed by atoms with E-state index in [0.29, 0.717) is 15.7 Å². The zero-order chi connectivity index (χ0) is 20.6. The number of carbonyl (C=O) groups excluding carboxylic acids is 1. The summed E-state index contributed by atoms with van der Waals surface area (Å²) in [5.41, 5.74) is -0.393. The van der Waals surface area contributed by atoms with E-state index < -0.39 is 11.6 Å². The van der Waals surface area contributed by atoms with Gasteiger partial charge in [0.05, 0.1) is 22.8 Å². The van der Waals surface area contributed by atoms with Crippen LogP contribution in [0.2, 0.25) is 0 Å². The molecule has 3 saturated heterocycles. The van der Waals surface area contributed by atoms with Crippen LogP contribution in [0, 0.1) is 5.92 Å². The van der Waals surface area contributed by atoms with Gasteiger partial charge in [0.25, 0.3) is 0 Å². The van der Waals surface area contributed by atoms with E-state index in [4.69, 9.17) is 4.74 Å². The lowest BCUT2D eigenvalue weighted by Crippen LogP contribution is -3.00.